The average Bonchev–Trinajstić information content (AvgIpc) is 2.94. The van der Waals surface area contributed by atoms with Gasteiger partial charge in [-0.05, 0) is 74.4 Å². The van der Waals surface area contributed by atoms with Gasteiger partial charge in [-0.1, -0.05) is 31.0 Å². The number of hydrogen-bond donors (Lipinski definition) is 2. The Morgan fingerprint density at radius 3 is 1.79 bits per heavy atom. The van der Waals surface area contributed by atoms with Crippen LogP contribution >= 0.6 is 0 Å². The second kappa shape index (κ2) is 12.2. The molecule has 1 fully saturated rings. The summed E-state index contributed by atoms with van der Waals surface area (Å²) in [5.74, 6) is -0.738. The molecule has 38 heavy (non-hydrogen) atoms. The molecule has 0 spiro atoms. The molecule has 0 aliphatic heterocycles. The highest BCUT2D eigenvalue weighted by Crippen LogP contribution is 2.32. The van der Waals surface area contributed by atoms with Gasteiger partial charge in [0.2, 0.25) is 5.91 Å². The molecule has 8 nitrogen and oxygen atoms in total. The van der Waals surface area contributed by atoms with E-state index in [1.165, 1.54) is 14.0 Å². The summed E-state index contributed by atoms with van der Waals surface area (Å²) in [6, 6.07) is 20.5. The van der Waals surface area contributed by atoms with Crippen molar-refractivity contribution in [3.63, 3.8) is 0 Å². The Morgan fingerprint density at radius 2 is 1.24 bits per heavy atom. The molecule has 196 valence electrons. The molecule has 0 saturated heterocycles. The molecule has 8 heteroatoms. The second-order valence-electron chi connectivity index (χ2n) is 9.22. The molecule has 0 bridgehead atoms. The predicted octanol–water partition coefficient (Wildman–Crippen LogP) is 5.85. The van der Waals surface area contributed by atoms with E-state index in [-0.39, 0.29) is 23.6 Å². The molecule has 0 heterocycles. The van der Waals surface area contributed by atoms with Crippen LogP contribution in [-0.4, -0.2) is 30.7 Å². The molecular weight excluding hydrogens is 484 g/mol. The third kappa shape index (κ3) is 6.45. The zero-order chi connectivity index (χ0) is 27.1. The van der Waals surface area contributed by atoms with Gasteiger partial charge in [0.05, 0.1) is 24.5 Å². The molecule has 0 aromatic heterocycles. The number of carbonyl (C=O) groups excluding carboxylic acids is 4. The average molecular weight is 515 g/mol. The Morgan fingerprint density at radius 1 is 0.711 bits per heavy atom. The van der Waals surface area contributed by atoms with E-state index in [0.29, 0.717) is 46.8 Å². The van der Waals surface area contributed by atoms with Gasteiger partial charge in [0, 0.05) is 16.9 Å². The number of anilines is 2. The summed E-state index contributed by atoms with van der Waals surface area (Å²) in [6.45, 7) is 1.43. The van der Waals surface area contributed by atoms with Gasteiger partial charge in [0.1, 0.15) is 11.5 Å². The van der Waals surface area contributed by atoms with Crippen LogP contribution in [0.4, 0.5) is 11.4 Å². The minimum absolute atomic E-state index is 0.176. The van der Waals surface area contributed by atoms with Crippen LogP contribution in [0, 0.1) is 11.8 Å². The van der Waals surface area contributed by atoms with Crippen LogP contribution in [0.5, 0.6) is 11.5 Å². The molecule has 2 amide bonds. The summed E-state index contributed by atoms with van der Waals surface area (Å²) in [7, 11) is 1.35. The Balaban J connectivity index is 1.34. The van der Waals surface area contributed by atoms with E-state index in [4.69, 9.17) is 9.47 Å². The number of hydrogen-bond acceptors (Lipinski definition) is 6. The standard InChI is InChI=1S/C30H30N2O6/c1-19(33)24-7-3-4-8-25(24)28(34)31-20-11-15-22(16-12-20)38-23-17-13-21(14-18-23)32-29(35)26-9-5-6-10-27(26)30(36)37-2/h3-4,7-8,11-18,26-27H,5-6,9-10H2,1-2H3,(H,31,34)(H,32,35). The van der Waals surface area contributed by atoms with Gasteiger partial charge >= 0.3 is 5.97 Å². The largest absolute Gasteiger partial charge is 0.469 e. The zero-order valence-electron chi connectivity index (χ0n) is 21.4. The molecule has 1 aliphatic rings. The van der Waals surface area contributed by atoms with Crippen LogP contribution in [0.3, 0.4) is 0 Å². The number of Topliss-reactive ketones (excluding diaryl/α,β-unsaturated/α-hetero) is 1. The monoisotopic (exact) mass is 514 g/mol. The molecule has 3 aromatic rings. The highest BCUT2D eigenvalue weighted by Gasteiger charge is 2.36. The van der Waals surface area contributed by atoms with E-state index in [1.54, 1.807) is 72.8 Å². The van der Waals surface area contributed by atoms with Crippen molar-refractivity contribution in [3.05, 3.63) is 83.9 Å². The summed E-state index contributed by atoms with van der Waals surface area (Å²) >= 11 is 0. The van der Waals surface area contributed by atoms with E-state index >= 15 is 0 Å². The van der Waals surface area contributed by atoms with E-state index in [0.717, 1.165) is 12.8 Å². The van der Waals surface area contributed by atoms with Gasteiger partial charge in [-0.25, -0.2) is 0 Å². The summed E-state index contributed by atoms with van der Waals surface area (Å²) in [6.07, 6.45) is 3.14. The molecule has 3 aromatic carbocycles. The molecule has 1 aliphatic carbocycles. The van der Waals surface area contributed by atoms with Crippen molar-refractivity contribution >= 4 is 34.9 Å². The van der Waals surface area contributed by atoms with Crippen LogP contribution in [-0.2, 0) is 14.3 Å². The Bertz CT molecular complexity index is 1320. The number of methoxy groups -OCH3 is 1. The number of benzene rings is 3. The van der Waals surface area contributed by atoms with E-state index in [2.05, 4.69) is 10.6 Å². The number of nitrogens with one attached hydrogen (secondary N) is 2. The molecule has 4 rings (SSSR count). The van der Waals surface area contributed by atoms with Crippen molar-refractivity contribution in [3.8, 4) is 11.5 Å². The summed E-state index contributed by atoms with van der Waals surface area (Å²) in [5, 5.41) is 5.69. The zero-order valence-corrected chi connectivity index (χ0v) is 21.4. The fourth-order valence-corrected chi connectivity index (χ4v) is 4.65. The van der Waals surface area contributed by atoms with E-state index in [9.17, 15) is 19.2 Å². The fourth-order valence-electron chi connectivity index (χ4n) is 4.65. The Kier molecular flexibility index (Phi) is 8.53. The molecular formula is C30H30N2O6. The number of amides is 2. The Labute approximate surface area is 221 Å². The summed E-state index contributed by atoms with van der Waals surface area (Å²) in [4.78, 5) is 49.4. The topological polar surface area (TPSA) is 111 Å². The number of esters is 1. The van der Waals surface area contributed by atoms with E-state index < -0.39 is 11.8 Å². The molecule has 1 saturated carbocycles. The minimum atomic E-state index is -0.409. The van der Waals surface area contributed by atoms with Gasteiger partial charge in [0.25, 0.3) is 5.91 Å². The van der Waals surface area contributed by atoms with Crippen LogP contribution in [0.1, 0.15) is 53.3 Å². The van der Waals surface area contributed by atoms with Crippen LogP contribution in [0.15, 0.2) is 72.8 Å². The van der Waals surface area contributed by atoms with Crippen molar-refractivity contribution in [1.29, 1.82) is 0 Å². The summed E-state index contributed by atoms with van der Waals surface area (Å²) in [5.41, 5.74) is 1.86. The normalized spacial score (nSPS) is 16.7. The van der Waals surface area contributed by atoms with Gasteiger partial charge in [0.15, 0.2) is 5.78 Å². The molecule has 2 atom stereocenters. The maximum absolute atomic E-state index is 12.8. The smallest absolute Gasteiger partial charge is 0.309 e. The van der Waals surface area contributed by atoms with Crippen LogP contribution in [0.25, 0.3) is 0 Å². The summed E-state index contributed by atoms with van der Waals surface area (Å²) < 4.78 is 10.8. The lowest BCUT2D eigenvalue weighted by Gasteiger charge is -2.28. The quantitative estimate of drug-likeness (QED) is 0.288. The highest BCUT2D eigenvalue weighted by atomic mass is 16.5. The first-order valence-electron chi connectivity index (χ1n) is 12.5. The molecule has 2 N–H and O–H groups in total. The first-order chi connectivity index (χ1) is 18.4. The molecule has 2 unspecified atom stereocenters. The van der Waals surface area contributed by atoms with Crippen LogP contribution in [0.2, 0.25) is 0 Å². The van der Waals surface area contributed by atoms with Gasteiger partial charge in [-0.2, -0.15) is 0 Å². The number of ether oxygens (including phenoxy) is 2. The van der Waals surface area contributed by atoms with Crippen molar-refractivity contribution in [1.82, 2.24) is 0 Å². The molecule has 0 radical (unpaired) electrons. The predicted molar refractivity (Wildman–Crippen MR) is 143 cm³/mol. The third-order valence-electron chi connectivity index (χ3n) is 6.63. The van der Waals surface area contributed by atoms with Crippen molar-refractivity contribution in [2.75, 3.05) is 17.7 Å². The van der Waals surface area contributed by atoms with Crippen molar-refractivity contribution in [2.24, 2.45) is 11.8 Å². The van der Waals surface area contributed by atoms with E-state index in [1.807, 2.05) is 0 Å². The lowest BCUT2D eigenvalue weighted by Crippen LogP contribution is -2.36. The first-order valence-corrected chi connectivity index (χ1v) is 12.5. The van der Waals surface area contributed by atoms with Crippen molar-refractivity contribution < 1.29 is 28.7 Å². The minimum Gasteiger partial charge on any atom is -0.469 e. The van der Waals surface area contributed by atoms with Crippen molar-refractivity contribution in [2.45, 2.75) is 32.6 Å². The maximum Gasteiger partial charge on any atom is 0.309 e. The lowest BCUT2D eigenvalue weighted by atomic mass is 9.78. The SMILES string of the molecule is COC(=O)C1CCCCC1C(=O)Nc1ccc(Oc2ccc(NC(=O)c3ccccc3C(C)=O)cc2)cc1. The van der Waals surface area contributed by atoms with Gasteiger partial charge in [-0.3, -0.25) is 19.2 Å². The fraction of sp³-hybridized carbons (Fsp3) is 0.267. The van der Waals surface area contributed by atoms with Gasteiger partial charge < -0.3 is 20.1 Å². The highest BCUT2D eigenvalue weighted by molar-refractivity contribution is 6.12. The van der Waals surface area contributed by atoms with Crippen LogP contribution < -0.4 is 15.4 Å². The Hall–Kier alpha value is -4.46. The number of rotatable bonds is 8. The second-order valence-corrected chi connectivity index (χ2v) is 9.22. The lowest BCUT2D eigenvalue weighted by molar-refractivity contribution is -0.151. The number of ketones is 1. The third-order valence-corrected chi connectivity index (χ3v) is 6.63. The van der Waals surface area contributed by atoms with Gasteiger partial charge in [-0.15, -0.1) is 0 Å². The number of carbonyl (C=O) groups is 4. The first kappa shape index (κ1) is 26.6. The maximum atomic E-state index is 12.8.